The number of hydrogen-bond donors (Lipinski definition) is 2. The van der Waals surface area contributed by atoms with Crippen molar-refractivity contribution in [2.24, 2.45) is 5.92 Å². The van der Waals surface area contributed by atoms with Gasteiger partial charge in [-0.3, -0.25) is 0 Å². The molecule has 5 nitrogen and oxygen atoms in total. The summed E-state index contributed by atoms with van der Waals surface area (Å²) in [4.78, 5) is 0. The summed E-state index contributed by atoms with van der Waals surface area (Å²) in [5.74, 6) is 0.680. The molecule has 6 heteroatoms. The van der Waals surface area contributed by atoms with Gasteiger partial charge in [-0.1, -0.05) is 26.2 Å². The monoisotopic (exact) mass is 317 g/mol. The minimum absolute atomic E-state index is 0.126. The molecule has 2 aliphatic carbocycles. The van der Waals surface area contributed by atoms with Crippen LogP contribution in [0.5, 0.6) is 0 Å². The molecule has 0 aromatic rings. The van der Waals surface area contributed by atoms with E-state index in [-0.39, 0.29) is 6.04 Å². The smallest absolute Gasteiger partial charge is 0.279 e. The molecular formula is C15H31N3O2S. The minimum Gasteiger partial charge on any atom is -0.314 e. The van der Waals surface area contributed by atoms with Crippen LogP contribution >= 0.6 is 0 Å². The van der Waals surface area contributed by atoms with Gasteiger partial charge in [0.25, 0.3) is 10.2 Å². The molecule has 2 saturated carbocycles. The molecule has 2 aliphatic rings. The Kier molecular flexibility index (Phi) is 6.47. The van der Waals surface area contributed by atoms with Gasteiger partial charge < -0.3 is 5.32 Å². The second-order valence-corrected chi connectivity index (χ2v) is 8.47. The Balaban J connectivity index is 1.71. The molecular weight excluding hydrogens is 286 g/mol. The van der Waals surface area contributed by atoms with Crippen LogP contribution in [0.1, 0.15) is 58.3 Å². The zero-order valence-electron chi connectivity index (χ0n) is 13.5. The van der Waals surface area contributed by atoms with Gasteiger partial charge in [0, 0.05) is 25.7 Å². The van der Waals surface area contributed by atoms with Crippen LogP contribution in [0.15, 0.2) is 0 Å². The van der Waals surface area contributed by atoms with Crippen LogP contribution in [-0.4, -0.2) is 44.9 Å². The zero-order chi connectivity index (χ0) is 15.3. The van der Waals surface area contributed by atoms with Crippen LogP contribution < -0.4 is 10.0 Å². The van der Waals surface area contributed by atoms with Crippen molar-refractivity contribution in [1.82, 2.24) is 14.3 Å². The Morgan fingerprint density at radius 1 is 1.14 bits per heavy atom. The molecule has 0 aromatic carbocycles. The van der Waals surface area contributed by atoms with Crippen molar-refractivity contribution in [1.29, 1.82) is 0 Å². The molecule has 21 heavy (non-hydrogen) atoms. The van der Waals surface area contributed by atoms with Crippen LogP contribution in [0.3, 0.4) is 0 Å². The molecule has 2 rings (SSSR count). The maximum atomic E-state index is 12.3. The van der Waals surface area contributed by atoms with Crippen molar-refractivity contribution in [2.75, 3.05) is 20.1 Å². The molecule has 0 heterocycles. The standard InChI is InChI=1S/C15H31N3O2S/c1-3-13-6-4-7-15(12-13)17-21(19,20)18(2)11-5-10-16-14-8-9-14/h13-17H,3-12H2,1-2H3. The molecule has 2 fully saturated rings. The lowest BCUT2D eigenvalue weighted by atomic mass is 9.85. The quantitative estimate of drug-likeness (QED) is 0.638. The molecule has 0 spiro atoms. The van der Waals surface area contributed by atoms with E-state index in [1.807, 2.05) is 0 Å². The van der Waals surface area contributed by atoms with E-state index in [0.717, 1.165) is 38.6 Å². The van der Waals surface area contributed by atoms with E-state index >= 15 is 0 Å². The van der Waals surface area contributed by atoms with Gasteiger partial charge in [-0.05, 0) is 44.6 Å². The fourth-order valence-electron chi connectivity index (χ4n) is 3.08. The summed E-state index contributed by atoms with van der Waals surface area (Å²) in [6.45, 7) is 3.69. The number of nitrogens with one attached hydrogen (secondary N) is 2. The molecule has 0 saturated heterocycles. The van der Waals surface area contributed by atoms with Crippen molar-refractivity contribution >= 4 is 10.2 Å². The largest absolute Gasteiger partial charge is 0.314 e. The molecule has 0 amide bonds. The van der Waals surface area contributed by atoms with Crippen molar-refractivity contribution in [2.45, 2.75) is 70.4 Å². The highest BCUT2D eigenvalue weighted by molar-refractivity contribution is 7.87. The Bertz CT molecular complexity index is 409. The normalized spacial score (nSPS) is 27.2. The highest BCUT2D eigenvalue weighted by Crippen LogP contribution is 2.27. The second-order valence-electron chi connectivity index (χ2n) is 6.66. The van der Waals surface area contributed by atoms with E-state index in [0.29, 0.717) is 18.5 Å². The van der Waals surface area contributed by atoms with Crippen molar-refractivity contribution < 1.29 is 8.42 Å². The van der Waals surface area contributed by atoms with Gasteiger partial charge in [-0.2, -0.15) is 17.4 Å². The SMILES string of the molecule is CCC1CCCC(NS(=O)(=O)N(C)CCCNC2CC2)C1. The van der Waals surface area contributed by atoms with E-state index in [4.69, 9.17) is 0 Å². The lowest BCUT2D eigenvalue weighted by molar-refractivity contribution is 0.296. The minimum atomic E-state index is -3.32. The Hall–Kier alpha value is -0.170. The molecule has 0 radical (unpaired) electrons. The van der Waals surface area contributed by atoms with Gasteiger partial charge >= 0.3 is 0 Å². The summed E-state index contributed by atoms with van der Waals surface area (Å²) >= 11 is 0. The first-order valence-corrected chi connectivity index (χ1v) is 9.92. The summed E-state index contributed by atoms with van der Waals surface area (Å²) in [5.41, 5.74) is 0. The summed E-state index contributed by atoms with van der Waals surface area (Å²) in [6, 6.07) is 0.819. The molecule has 124 valence electrons. The highest BCUT2D eigenvalue weighted by atomic mass is 32.2. The predicted molar refractivity (Wildman–Crippen MR) is 86.4 cm³/mol. The number of hydrogen-bond acceptors (Lipinski definition) is 3. The average Bonchev–Trinajstić information content (AvgIpc) is 3.27. The molecule has 2 N–H and O–H groups in total. The van der Waals surface area contributed by atoms with Crippen LogP contribution in [-0.2, 0) is 10.2 Å². The van der Waals surface area contributed by atoms with Gasteiger partial charge in [-0.15, -0.1) is 0 Å². The number of rotatable bonds is 9. The van der Waals surface area contributed by atoms with Crippen LogP contribution in [0, 0.1) is 5.92 Å². The van der Waals surface area contributed by atoms with Gasteiger partial charge in [0.15, 0.2) is 0 Å². The summed E-state index contributed by atoms with van der Waals surface area (Å²) < 4.78 is 29.0. The van der Waals surface area contributed by atoms with Crippen LogP contribution in [0.25, 0.3) is 0 Å². The van der Waals surface area contributed by atoms with Crippen LogP contribution in [0.4, 0.5) is 0 Å². The third-order valence-electron chi connectivity index (χ3n) is 4.75. The first-order chi connectivity index (χ1) is 10.0. The topological polar surface area (TPSA) is 61.4 Å². The van der Waals surface area contributed by atoms with Crippen molar-refractivity contribution in [3.05, 3.63) is 0 Å². The fraction of sp³-hybridized carbons (Fsp3) is 1.00. The van der Waals surface area contributed by atoms with Crippen LogP contribution in [0.2, 0.25) is 0 Å². The summed E-state index contributed by atoms with van der Waals surface area (Å²) in [6.07, 6.45) is 8.93. The average molecular weight is 317 g/mol. The second kappa shape index (κ2) is 7.90. The van der Waals surface area contributed by atoms with Gasteiger partial charge in [0.2, 0.25) is 0 Å². The van der Waals surface area contributed by atoms with E-state index in [2.05, 4.69) is 17.0 Å². The van der Waals surface area contributed by atoms with Gasteiger partial charge in [0.1, 0.15) is 0 Å². The molecule has 0 aromatic heterocycles. The summed E-state index contributed by atoms with van der Waals surface area (Å²) in [5, 5.41) is 3.42. The lowest BCUT2D eigenvalue weighted by Crippen LogP contribution is -2.45. The molecule has 0 aliphatic heterocycles. The van der Waals surface area contributed by atoms with E-state index in [9.17, 15) is 8.42 Å². The zero-order valence-corrected chi connectivity index (χ0v) is 14.3. The Labute approximate surface area is 130 Å². The van der Waals surface area contributed by atoms with Gasteiger partial charge in [0.05, 0.1) is 0 Å². The third-order valence-corrected chi connectivity index (χ3v) is 6.38. The van der Waals surface area contributed by atoms with Gasteiger partial charge in [-0.25, -0.2) is 0 Å². The van der Waals surface area contributed by atoms with Crippen molar-refractivity contribution in [3.8, 4) is 0 Å². The van der Waals surface area contributed by atoms with E-state index in [1.54, 1.807) is 7.05 Å². The first kappa shape index (κ1) is 17.2. The van der Waals surface area contributed by atoms with Crippen molar-refractivity contribution in [3.63, 3.8) is 0 Å². The Morgan fingerprint density at radius 3 is 2.57 bits per heavy atom. The highest BCUT2D eigenvalue weighted by Gasteiger charge is 2.27. The lowest BCUT2D eigenvalue weighted by Gasteiger charge is -2.30. The Morgan fingerprint density at radius 2 is 1.90 bits per heavy atom. The maximum Gasteiger partial charge on any atom is 0.279 e. The third kappa shape index (κ3) is 5.85. The molecule has 0 bridgehead atoms. The number of nitrogens with zero attached hydrogens (tertiary/aromatic N) is 1. The fourth-order valence-corrected chi connectivity index (χ4v) is 4.27. The van der Waals surface area contributed by atoms with E-state index in [1.165, 1.54) is 23.6 Å². The molecule has 2 unspecified atom stereocenters. The summed E-state index contributed by atoms with van der Waals surface area (Å²) in [7, 11) is -1.64. The first-order valence-electron chi connectivity index (χ1n) is 8.48. The van der Waals surface area contributed by atoms with E-state index < -0.39 is 10.2 Å². The maximum absolute atomic E-state index is 12.3. The molecule has 2 atom stereocenters. The predicted octanol–water partition coefficient (Wildman–Crippen LogP) is 1.86.